The average Bonchev–Trinajstić information content (AvgIpc) is 3.50. The Hall–Kier alpha value is -3.64. The quantitative estimate of drug-likeness (QED) is 0.131. The van der Waals surface area contributed by atoms with E-state index in [4.69, 9.17) is 10.5 Å². The topological polar surface area (TPSA) is 164 Å². The number of ether oxygens (including phenoxy) is 1. The van der Waals surface area contributed by atoms with Gasteiger partial charge in [-0.15, -0.1) is 0 Å². The number of nitrogens with one attached hydrogen (secondary N) is 5. The van der Waals surface area contributed by atoms with Crippen LogP contribution in [0.2, 0.25) is 0 Å². The van der Waals surface area contributed by atoms with Crippen LogP contribution in [-0.2, 0) is 43.2 Å². The number of hydrogen-bond donors (Lipinski definition) is 6. The molecule has 0 bridgehead atoms. The summed E-state index contributed by atoms with van der Waals surface area (Å²) in [6.07, 6.45) is 3.48. The third-order valence-corrected chi connectivity index (χ3v) is 8.73. The Balaban J connectivity index is 1.42. The molecule has 1 aliphatic heterocycles. The van der Waals surface area contributed by atoms with Crippen molar-refractivity contribution in [1.29, 1.82) is 0 Å². The summed E-state index contributed by atoms with van der Waals surface area (Å²) in [5.41, 5.74) is 9.14. The van der Waals surface area contributed by atoms with Gasteiger partial charge >= 0.3 is 0 Å². The second-order valence-corrected chi connectivity index (χ2v) is 13.1. The Morgan fingerprint density at radius 1 is 0.872 bits per heavy atom. The Morgan fingerprint density at radius 2 is 1.53 bits per heavy atom. The molecular formula is C36H52N6O5. The molecule has 2 aromatic carbocycles. The molecule has 3 amide bonds. The summed E-state index contributed by atoms with van der Waals surface area (Å²) in [5.74, 6) is -1.31. The lowest BCUT2D eigenvalue weighted by Gasteiger charge is -2.29. The molecule has 1 saturated heterocycles. The molecule has 4 unspecified atom stereocenters. The SMILES string of the molecule is CC(C)CC(NC(=O)C(Cc1ccccc1)NC(=O)CNC1Cc2ccccc2C1)C(=O)NC(CCCCN)C(=O)C1CNCCO1. The van der Waals surface area contributed by atoms with E-state index in [9.17, 15) is 19.2 Å². The summed E-state index contributed by atoms with van der Waals surface area (Å²) in [6.45, 7) is 5.96. The van der Waals surface area contributed by atoms with Crippen LogP contribution < -0.4 is 32.3 Å². The molecule has 2 aromatic rings. The molecule has 7 N–H and O–H groups in total. The van der Waals surface area contributed by atoms with Gasteiger partial charge in [0, 0.05) is 25.6 Å². The second kappa shape index (κ2) is 18.6. The summed E-state index contributed by atoms with van der Waals surface area (Å²) in [6, 6.07) is 15.3. The molecule has 1 fully saturated rings. The van der Waals surface area contributed by atoms with Gasteiger partial charge in [0.1, 0.15) is 18.2 Å². The van der Waals surface area contributed by atoms with Crippen LogP contribution in [0.25, 0.3) is 0 Å². The molecule has 1 heterocycles. The van der Waals surface area contributed by atoms with Gasteiger partial charge in [-0.1, -0.05) is 68.4 Å². The third kappa shape index (κ3) is 11.5. The van der Waals surface area contributed by atoms with Crippen LogP contribution in [0.5, 0.6) is 0 Å². The van der Waals surface area contributed by atoms with Crippen molar-refractivity contribution in [2.24, 2.45) is 11.7 Å². The van der Waals surface area contributed by atoms with Crippen molar-refractivity contribution in [2.45, 2.75) is 89.1 Å². The molecule has 1 aliphatic carbocycles. The second-order valence-electron chi connectivity index (χ2n) is 13.1. The van der Waals surface area contributed by atoms with E-state index in [1.807, 2.05) is 56.3 Å². The number of fused-ring (bicyclic) bond motifs is 1. The molecule has 0 radical (unpaired) electrons. The Morgan fingerprint density at radius 3 is 2.17 bits per heavy atom. The number of ketones is 1. The number of nitrogens with two attached hydrogens (primary N) is 1. The fourth-order valence-corrected chi connectivity index (χ4v) is 6.24. The van der Waals surface area contributed by atoms with Gasteiger partial charge in [0.2, 0.25) is 17.7 Å². The predicted octanol–water partition coefficient (Wildman–Crippen LogP) is 1.17. The van der Waals surface area contributed by atoms with Crippen LogP contribution in [0.3, 0.4) is 0 Å². The van der Waals surface area contributed by atoms with Crippen molar-refractivity contribution in [3.63, 3.8) is 0 Å². The number of carbonyl (C=O) groups excluding carboxylic acids is 4. The van der Waals surface area contributed by atoms with Gasteiger partial charge < -0.3 is 37.1 Å². The zero-order chi connectivity index (χ0) is 33.6. The summed E-state index contributed by atoms with van der Waals surface area (Å²) in [7, 11) is 0. The Bertz CT molecular complexity index is 1290. The minimum absolute atomic E-state index is 0.0673. The van der Waals surface area contributed by atoms with Gasteiger partial charge in [0.05, 0.1) is 19.2 Å². The van der Waals surface area contributed by atoms with Gasteiger partial charge in [0.25, 0.3) is 0 Å². The van der Waals surface area contributed by atoms with Crippen molar-refractivity contribution in [1.82, 2.24) is 26.6 Å². The summed E-state index contributed by atoms with van der Waals surface area (Å²) in [4.78, 5) is 54.1. The van der Waals surface area contributed by atoms with Crippen LogP contribution in [0.4, 0.5) is 0 Å². The maximum atomic E-state index is 13.8. The molecule has 47 heavy (non-hydrogen) atoms. The average molecular weight is 649 g/mol. The molecule has 11 heteroatoms. The molecule has 11 nitrogen and oxygen atoms in total. The third-order valence-electron chi connectivity index (χ3n) is 8.73. The number of benzene rings is 2. The monoisotopic (exact) mass is 648 g/mol. The Labute approximate surface area is 278 Å². The lowest BCUT2D eigenvalue weighted by Crippen LogP contribution is -2.58. The van der Waals surface area contributed by atoms with Crippen LogP contribution in [-0.4, -0.2) is 86.6 Å². The van der Waals surface area contributed by atoms with Crippen molar-refractivity contribution in [3.8, 4) is 0 Å². The van der Waals surface area contributed by atoms with E-state index in [2.05, 4.69) is 38.7 Å². The van der Waals surface area contributed by atoms with E-state index in [1.165, 1.54) is 11.1 Å². The van der Waals surface area contributed by atoms with E-state index >= 15 is 0 Å². The number of morpholine rings is 1. The van der Waals surface area contributed by atoms with Gasteiger partial charge in [-0.3, -0.25) is 19.2 Å². The highest BCUT2D eigenvalue weighted by atomic mass is 16.5. The van der Waals surface area contributed by atoms with E-state index in [0.717, 1.165) is 24.8 Å². The minimum atomic E-state index is -0.904. The van der Waals surface area contributed by atoms with E-state index in [-0.39, 0.29) is 36.6 Å². The highest BCUT2D eigenvalue weighted by Gasteiger charge is 2.33. The molecule has 0 aromatic heterocycles. The number of carbonyl (C=O) groups is 4. The summed E-state index contributed by atoms with van der Waals surface area (Å²) >= 11 is 0. The highest BCUT2D eigenvalue weighted by Crippen LogP contribution is 2.21. The lowest BCUT2D eigenvalue weighted by molar-refractivity contribution is -0.138. The number of Topliss-reactive ketones (excluding diaryl/α,β-unsaturated/α-hetero) is 1. The number of rotatable bonds is 18. The first-order valence-electron chi connectivity index (χ1n) is 17.0. The molecule has 4 atom stereocenters. The van der Waals surface area contributed by atoms with Crippen LogP contribution in [0.1, 0.15) is 56.2 Å². The van der Waals surface area contributed by atoms with Crippen molar-refractivity contribution in [2.75, 3.05) is 32.8 Å². The number of hydrogen-bond acceptors (Lipinski definition) is 8. The zero-order valence-electron chi connectivity index (χ0n) is 27.8. The first kappa shape index (κ1) is 36.2. The van der Waals surface area contributed by atoms with Crippen molar-refractivity contribution < 1.29 is 23.9 Å². The molecule has 0 saturated carbocycles. The number of unbranched alkanes of at least 4 members (excludes halogenated alkanes) is 1. The number of amides is 3. The maximum absolute atomic E-state index is 13.8. The molecule has 0 spiro atoms. The molecule has 256 valence electrons. The molecular weight excluding hydrogens is 596 g/mol. The minimum Gasteiger partial charge on any atom is -0.368 e. The van der Waals surface area contributed by atoms with Gasteiger partial charge in [0.15, 0.2) is 5.78 Å². The normalized spacial score (nSPS) is 18.2. The van der Waals surface area contributed by atoms with Gasteiger partial charge in [-0.2, -0.15) is 0 Å². The first-order chi connectivity index (χ1) is 22.7. The van der Waals surface area contributed by atoms with Crippen molar-refractivity contribution in [3.05, 3.63) is 71.3 Å². The van der Waals surface area contributed by atoms with Gasteiger partial charge in [-0.25, -0.2) is 0 Å². The predicted molar refractivity (Wildman–Crippen MR) is 182 cm³/mol. The van der Waals surface area contributed by atoms with Crippen LogP contribution in [0.15, 0.2) is 54.6 Å². The standard InChI is InChI=1S/C36H52N6O5/c1-24(2)18-30(35(45)41-29(14-8-9-15-37)34(44)32-22-38-16-17-47-32)42-36(46)31(19-25-10-4-3-5-11-25)40-33(43)23-39-28-20-26-12-6-7-13-27(26)21-28/h3-7,10-13,24,28-32,38-39H,8-9,14-23,37H2,1-2H3,(H,40,43)(H,41,45)(H,42,46). The first-order valence-corrected chi connectivity index (χ1v) is 17.0. The fourth-order valence-electron chi connectivity index (χ4n) is 6.24. The summed E-state index contributed by atoms with van der Waals surface area (Å²) in [5, 5.41) is 15.3. The molecule has 4 rings (SSSR count). The Kier molecular flexibility index (Phi) is 14.4. The summed E-state index contributed by atoms with van der Waals surface area (Å²) < 4.78 is 5.69. The maximum Gasteiger partial charge on any atom is 0.243 e. The fraction of sp³-hybridized carbons (Fsp3) is 0.556. The zero-order valence-corrected chi connectivity index (χ0v) is 27.8. The van der Waals surface area contributed by atoms with Crippen LogP contribution in [0, 0.1) is 5.92 Å². The van der Waals surface area contributed by atoms with Gasteiger partial charge in [-0.05, 0) is 67.7 Å². The van der Waals surface area contributed by atoms with E-state index in [0.29, 0.717) is 45.5 Å². The lowest BCUT2D eigenvalue weighted by atomic mass is 9.98. The van der Waals surface area contributed by atoms with Crippen LogP contribution >= 0.6 is 0 Å². The molecule has 2 aliphatic rings. The largest absolute Gasteiger partial charge is 0.368 e. The van der Waals surface area contributed by atoms with Crippen molar-refractivity contribution >= 4 is 23.5 Å². The smallest absolute Gasteiger partial charge is 0.243 e. The van der Waals surface area contributed by atoms with E-state index in [1.54, 1.807) is 0 Å². The van der Waals surface area contributed by atoms with E-state index < -0.39 is 36.0 Å². The highest BCUT2D eigenvalue weighted by molar-refractivity contribution is 5.96.